The topological polar surface area (TPSA) is 32.3 Å². The number of amides is 1. The molecule has 1 aromatic rings. The fourth-order valence-electron chi connectivity index (χ4n) is 4.88. The van der Waals surface area contributed by atoms with Gasteiger partial charge in [0.15, 0.2) is 0 Å². The minimum Gasteiger partial charge on any atom is -0.370 e. The highest BCUT2D eigenvalue weighted by Gasteiger charge is 2.40. The molecule has 118 valence electrons. The molecule has 1 saturated heterocycles. The molecule has 2 bridgehead atoms. The highest BCUT2D eigenvalue weighted by Crippen LogP contribution is 2.49. The fourth-order valence-corrected chi connectivity index (χ4v) is 4.88. The molecular formula is C19H26N2O. The molecule has 2 aliphatic carbocycles. The van der Waals surface area contributed by atoms with Gasteiger partial charge in [-0.05, 0) is 62.0 Å². The number of carbonyl (C=O) groups excluding carboxylic acids is 1. The lowest BCUT2D eigenvalue weighted by molar-refractivity contribution is -0.117. The maximum Gasteiger partial charge on any atom is 0.224 e. The normalized spacial score (nSPS) is 30.0. The molecule has 3 nitrogen and oxygen atoms in total. The van der Waals surface area contributed by atoms with Crippen LogP contribution in [0.5, 0.6) is 0 Å². The van der Waals surface area contributed by atoms with E-state index in [-0.39, 0.29) is 5.91 Å². The number of anilines is 2. The van der Waals surface area contributed by atoms with Crippen LogP contribution in [0.25, 0.3) is 0 Å². The number of hydrogen-bond donors (Lipinski definition) is 1. The summed E-state index contributed by atoms with van der Waals surface area (Å²) in [5.74, 6) is 2.59. The minimum absolute atomic E-state index is 0.212. The highest BCUT2D eigenvalue weighted by atomic mass is 16.1. The number of nitrogens with zero attached hydrogens (tertiary/aromatic N) is 1. The Balaban J connectivity index is 1.41. The Labute approximate surface area is 133 Å². The van der Waals surface area contributed by atoms with Gasteiger partial charge in [-0.15, -0.1) is 0 Å². The van der Waals surface area contributed by atoms with E-state index in [1.54, 1.807) is 0 Å². The third-order valence-corrected chi connectivity index (χ3v) is 5.96. The quantitative estimate of drug-likeness (QED) is 0.909. The van der Waals surface area contributed by atoms with E-state index >= 15 is 0 Å². The van der Waals surface area contributed by atoms with Crippen LogP contribution in [0.1, 0.15) is 44.9 Å². The predicted molar refractivity (Wildman–Crippen MR) is 90.1 cm³/mol. The van der Waals surface area contributed by atoms with E-state index in [1.165, 1.54) is 44.2 Å². The van der Waals surface area contributed by atoms with Crippen LogP contribution >= 0.6 is 0 Å². The number of carbonyl (C=O) groups is 1. The molecular weight excluding hydrogens is 272 g/mol. The minimum atomic E-state index is 0.212. The molecule has 2 saturated carbocycles. The van der Waals surface area contributed by atoms with Crippen molar-refractivity contribution in [1.29, 1.82) is 0 Å². The number of hydrogen-bond acceptors (Lipinski definition) is 2. The Morgan fingerprint density at radius 3 is 2.68 bits per heavy atom. The summed E-state index contributed by atoms with van der Waals surface area (Å²) in [5, 5.41) is 3.19. The van der Waals surface area contributed by atoms with Gasteiger partial charge in [-0.1, -0.05) is 18.6 Å². The Hall–Kier alpha value is -1.51. The second-order valence-electron chi connectivity index (χ2n) is 7.40. The first kappa shape index (κ1) is 14.1. The first-order chi connectivity index (χ1) is 10.8. The summed E-state index contributed by atoms with van der Waals surface area (Å²) in [4.78, 5) is 14.9. The van der Waals surface area contributed by atoms with Gasteiger partial charge in [-0.2, -0.15) is 0 Å². The maximum atomic E-state index is 12.5. The summed E-state index contributed by atoms with van der Waals surface area (Å²) in [6.07, 6.45) is 8.65. The zero-order chi connectivity index (χ0) is 14.9. The molecule has 0 spiro atoms. The van der Waals surface area contributed by atoms with Crippen molar-refractivity contribution in [3.05, 3.63) is 24.3 Å². The van der Waals surface area contributed by atoms with Crippen molar-refractivity contribution in [1.82, 2.24) is 0 Å². The van der Waals surface area contributed by atoms with Crippen LogP contribution in [0.2, 0.25) is 0 Å². The van der Waals surface area contributed by atoms with Crippen LogP contribution in [0.3, 0.4) is 0 Å². The van der Waals surface area contributed by atoms with E-state index in [0.29, 0.717) is 5.92 Å². The number of benzene rings is 1. The van der Waals surface area contributed by atoms with E-state index in [9.17, 15) is 4.79 Å². The number of para-hydroxylation sites is 2. The molecule has 3 unspecified atom stereocenters. The number of fused-ring (bicyclic) bond motifs is 2. The SMILES string of the molecule is O=C(CC1CC2CCC1C2)Nc1ccccc1N1CCCC1. The molecule has 4 rings (SSSR count). The van der Waals surface area contributed by atoms with Gasteiger partial charge in [0.1, 0.15) is 0 Å². The maximum absolute atomic E-state index is 12.5. The molecule has 0 aromatic heterocycles. The Morgan fingerprint density at radius 1 is 1.14 bits per heavy atom. The van der Waals surface area contributed by atoms with E-state index in [2.05, 4.69) is 22.3 Å². The van der Waals surface area contributed by atoms with Crippen molar-refractivity contribution in [3.8, 4) is 0 Å². The molecule has 0 radical (unpaired) electrons. The molecule has 3 fully saturated rings. The van der Waals surface area contributed by atoms with Gasteiger partial charge in [-0.25, -0.2) is 0 Å². The summed E-state index contributed by atoms with van der Waals surface area (Å²) in [7, 11) is 0. The summed E-state index contributed by atoms with van der Waals surface area (Å²) < 4.78 is 0. The van der Waals surface area contributed by atoms with Gasteiger partial charge in [0.2, 0.25) is 5.91 Å². The molecule has 3 atom stereocenters. The second-order valence-corrected chi connectivity index (χ2v) is 7.40. The average Bonchev–Trinajstić information content (AvgIpc) is 3.25. The van der Waals surface area contributed by atoms with Crippen molar-refractivity contribution >= 4 is 17.3 Å². The van der Waals surface area contributed by atoms with Crippen LogP contribution in [0, 0.1) is 17.8 Å². The zero-order valence-corrected chi connectivity index (χ0v) is 13.3. The summed E-state index contributed by atoms with van der Waals surface area (Å²) in [5.41, 5.74) is 2.19. The molecule has 1 N–H and O–H groups in total. The van der Waals surface area contributed by atoms with Gasteiger partial charge in [-0.3, -0.25) is 4.79 Å². The second kappa shape index (κ2) is 5.94. The number of nitrogens with one attached hydrogen (secondary N) is 1. The third kappa shape index (κ3) is 2.73. The summed E-state index contributed by atoms with van der Waals surface area (Å²) >= 11 is 0. The van der Waals surface area contributed by atoms with Crippen LogP contribution in [0.4, 0.5) is 11.4 Å². The first-order valence-corrected chi connectivity index (χ1v) is 8.93. The van der Waals surface area contributed by atoms with E-state index < -0.39 is 0 Å². The summed E-state index contributed by atoms with van der Waals surface area (Å²) in [6.45, 7) is 2.22. The smallest absolute Gasteiger partial charge is 0.224 e. The van der Waals surface area contributed by atoms with Gasteiger partial charge in [0.25, 0.3) is 0 Å². The Bertz CT molecular complexity index is 550. The first-order valence-electron chi connectivity index (χ1n) is 8.93. The molecule has 1 aromatic carbocycles. The lowest BCUT2D eigenvalue weighted by atomic mass is 9.86. The monoisotopic (exact) mass is 298 g/mol. The lowest BCUT2D eigenvalue weighted by Gasteiger charge is -2.23. The fraction of sp³-hybridized carbons (Fsp3) is 0.632. The Kier molecular flexibility index (Phi) is 3.81. The van der Waals surface area contributed by atoms with Crippen LogP contribution in [-0.4, -0.2) is 19.0 Å². The molecule has 1 heterocycles. The van der Waals surface area contributed by atoms with E-state index in [1.807, 2.05) is 12.1 Å². The van der Waals surface area contributed by atoms with E-state index in [0.717, 1.165) is 37.0 Å². The van der Waals surface area contributed by atoms with Gasteiger partial charge < -0.3 is 10.2 Å². The average molecular weight is 298 g/mol. The largest absolute Gasteiger partial charge is 0.370 e. The predicted octanol–water partition coefficient (Wildman–Crippen LogP) is 4.05. The van der Waals surface area contributed by atoms with Gasteiger partial charge >= 0.3 is 0 Å². The lowest BCUT2D eigenvalue weighted by Crippen LogP contribution is -2.23. The molecule has 1 aliphatic heterocycles. The summed E-state index contributed by atoms with van der Waals surface area (Å²) in [6, 6.07) is 8.27. The van der Waals surface area contributed by atoms with E-state index in [4.69, 9.17) is 0 Å². The van der Waals surface area contributed by atoms with Gasteiger partial charge in [0, 0.05) is 19.5 Å². The van der Waals surface area contributed by atoms with Crippen molar-refractivity contribution in [2.45, 2.75) is 44.9 Å². The van der Waals surface area contributed by atoms with Crippen LogP contribution in [-0.2, 0) is 4.79 Å². The van der Waals surface area contributed by atoms with Crippen LogP contribution in [0.15, 0.2) is 24.3 Å². The van der Waals surface area contributed by atoms with Crippen molar-refractivity contribution in [3.63, 3.8) is 0 Å². The molecule has 22 heavy (non-hydrogen) atoms. The standard InChI is InChI=1S/C19H26N2O/c22-19(13-16-12-14-7-8-15(16)11-14)20-17-5-1-2-6-18(17)21-9-3-4-10-21/h1-2,5-6,14-16H,3-4,7-13H2,(H,20,22). The van der Waals surface area contributed by atoms with Crippen molar-refractivity contribution < 1.29 is 4.79 Å². The van der Waals surface area contributed by atoms with Crippen molar-refractivity contribution in [2.75, 3.05) is 23.3 Å². The highest BCUT2D eigenvalue weighted by molar-refractivity contribution is 5.94. The Morgan fingerprint density at radius 2 is 1.95 bits per heavy atom. The van der Waals surface area contributed by atoms with Crippen molar-refractivity contribution in [2.24, 2.45) is 17.8 Å². The zero-order valence-electron chi connectivity index (χ0n) is 13.3. The molecule has 1 amide bonds. The van der Waals surface area contributed by atoms with Crippen LogP contribution < -0.4 is 10.2 Å². The number of rotatable bonds is 4. The third-order valence-electron chi connectivity index (χ3n) is 5.96. The molecule has 3 aliphatic rings. The molecule has 3 heteroatoms. The van der Waals surface area contributed by atoms with Gasteiger partial charge in [0.05, 0.1) is 11.4 Å².